The van der Waals surface area contributed by atoms with Gasteiger partial charge in [-0.1, -0.05) is 68.4 Å². The van der Waals surface area contributed by atoms with Crippen LogP contribution in [0.4, 0.5) is 11.4 Å². The van der Waals surface area contributed by atoms with E-state index < -0.39 is 0 Å². The molecule has 0 aliphatic carbocycles. The maximum absolute atomic E-state index is 4.00. The maximum atomic E-state index is 4.00. The van der Waals surface area contributed by atoms with Crippen LogP contribution in [-0.4, -0.2) is 6.54 Å². The number of aryl methyl sites for hydroxylation is 1. The van der Waals surface area contributed by atoms with E-state index in [0.717, 1.165) is 34.9 Å². The van der Waals surface area contributed by atoms with Gasteiger partial charge in [-0.25, -0.2) is 0 Å². The SMILES string of the molecule is CCCN1c2ccc3ccccc3c2-c2c3c1c(Br)cc(Br)c3[n+](CCC)c1ccc3ccccc3c21. The fourth-order valence-electron chi connectivity index (χ4n) is 6.39. The summed E-state index contributed by atoms with van der Waals surface area (Å²) in [5.74, 6) is 0. The fourth-order valence-corrected chi connectivity index (χ4v) is 7.98. The molecule has 0 atom stereocenters. The van der Waals surface area contributed by atoms with Crippen LogP contribution in [0.25, 0.3) is 54.5 Å². The van der Waals surface area contributed by atoms with Crippen LogP contribution in [0.3, 0.4) is 0 Å². The van der Waals surface area contributed by atoms with Crippen molar-refractivity contribution in [2.24, 2.45) is 0 Å². The molecule has 2 heterocycles. The van der Waals surface area contributed by atoms with Gasteiger partial charge in [0.15, 0.2) is 0 Å². The van der Waals surface area contributed by atoms with Crippen LogP contribution >= 0.6 is 31.9 Å². The van der Waals surface area contributed by atoms with Gasteiger partial charge in [-0.2, -0.15) is 4.57 Å². The summed E-state index contributed by atoms with van der Waals surface area (Å²) in [7, 11) is 0. The third-order valence-corrected chi connectivity index (χ3v) is 8.97. The molecule has 0 bridgehead atoms. The molecule has 1 aliphatic rings. The van der Waals surface area contributed by atoms with Gasteiger partial charge < -0.3 is 4.90 Å². The van der Waals surface area contributed by atoms with Gasteiger partial charge in [0.05, 0.1) is 20.9 Å². The number of anilines is 2. The van der Waals surface area contributed by atoms with E-state index in [4.69, 9.17) is 0 Å². The van der Waals surface area contributed by atoms with E-state index in [1.54, 1.807) is 0 Å². The third-order valence-electron chi connectivity index (χ3n) is 7.76. The molecule has 1 aliphatic heterocycles. The molecule has 7 rings (SSSR count). The summed E-state index contributed by atoms with van der Waals surface area (Å²) in [6, 6.07) is 29.2. The Balaban J connectivity index is 1.86. The first-order valence-electron chi connectivity index (χ1n) is 13.1. The second-order valence-corrected chi connectivity index (χ2v) is 11.7. The lowest BCUT2D eigenvalue weighted by atomic mass is 9.85. The van der Waals surface area contributed by atoms with Crippen LogP contribution in [0.1, 0.15) is 26.7 Å². The fraction of sp³-hybridized carbons (Fsp3) is 0.182. The Labute approximate surface area is 233 Å². The Kier molecular flexibility index (Phi) is 5.53. The van der Waals surface area contributed by atoms with E-state index in [2.05, 4.69) is 134 Å². The first kappa shape index (κ1) is 23.2. The van der Waals surface area contributed by atoms with Crippen LogP contribution in [-0.2, 0) is 6.54 Å². The van der Waals surface area contributed by atoms with Gasteiger partial charge in [0.2, 0.25) is 11.0 Å². The van der Waals surface area contributed by atoms with E-state index in [9.17, 15) is 0 Å². The smallest absolute Gasteiger partial charge is 0.230 e. The minimum absolute atomic E-state index is 0.960. The number of aromatic nitrogens is 1. The van der Waals surface area contributed by atoms with Crippen molar-refractivity contribution in [3.8, 4) is 11.1 Å². The lowest BCUT2D eigenvalue weighted by Crippen LogP contribution is -2.37. The summed E-state index contributed by atoms with van der Waals surface area (Å²) in [6.45, 7) is 6.46. The minimum Gasteiger partial charge on any atom is -0.339 e. The molecule has 2 nitrogen and oxygen atoms in total. The minimum atomic E-state index is 0.960. The van der Waals surface area contributed by atoms with Crippen LogP contribution < -0.4 is 9.47 Å². The lowest BCUT2D eigenvalue weighted by Gasteiger charge is -2.35. The molecule has 1 aromatic heterocycles. The highest BCUT2D eigenvalue weighted by Crippen LogP contribution is 2.55. The zero-order valence-electron chi connectivity index (χ0n) is 21.0. The zero-order chi connectivity index (χ0) is 25.3. The van der Waals surface area contributed by atoms with Crippen molar-refractivity contribution >= 4 is 86.6 Å². The second-order valence-electron chi connectivity index (χ2n) is 9.95. The summed E-state index contributed by atoms with van der Waals surface area (Å²) >= 11 is 8.01. The summed E-state index contributed by atoms with van der Waals surface area (Å²) in [5, 5.41) is 7.86. The zero-order valence-corrected chi connectivity index (χ0v) is 24.2. The molecule has 5 aromatic carbocycles. The van der Waals surface area contributed by atoms with Gasteiger partial charge in [0.25, 0.3) is 0 Å². The predicted octanol–water partition coefficient (Wildman–Crippen LogP) is 10.1. The Morgan fingerprint density at radius 3 is 2.16 bits per heavy atom. The van der Waals surface area contributed by atoms with Gasteiger partial charge in [0.1, 0.15) is 6.54 Å². The number of rotatable bonds is 4. The normalized spacial score (nSPS) is 12.7. The van der Waals surface area contributed by atoms with Gasteiger partial charge in [0, 0.05) is 40.3 Å². The summed E-state index contributed by atoms with van der Waals surface area (Å²) in [5.41, 5.74) is 7.83. The number of fused-ring (bicyclic) bond motifs is 8. The Morgan fingerprint density at radius 2 is 1.41 bits per heavy atom. The van der Waals surface area contributed by atoms with Crippen molar-refractivity contribution in [2.75, 3.05) is 11.4 Å². The third kappa shape index (κ3) is 3.25. The van der Waals surface area contributed by atoms with Crippen LogP contribution in [0.5, 0.6) is 0 Å². The molecule has 0 amide bonds. The van der Waals surface area contributed by atoms with E-state index in [0.29, 0.717) is 0 Å². The van der Waals surface area contributed by atoms with Crippen molar-refractivity contribution in [3.63, 3.8) is 0 Å². The molecule has 0 unspecified atom stereocenters. The largest absolute Gasteiger partial charge is 0.339 e. The monoisotopic (exact) mass is 609 g/mol. The highest BCUT2D eigenvalue weighted by atomic mass is 79.9. The quantitative estimate of drug-likeness (QED) is 0.109. The Hall–Kier alpha value is -2.95. The highest BCUT2D eigenvalue weighted by Gasteiger charge is 2.35. The average Bonchev–Trinajstić information content (AvgIpc) is 2.92. The van der Waals surface area contributed by atoms with E-state index in [1.807, 2.05) is 0 Å². The number of nitrogens with zero attached hydrogens (tertiary/aromatic N) is 2. The summed E-state index contributed by atoms with van der Waals surface area (Å²) < 4.78 is 4.80. The number of halogens is 2. The van der Waals surface area contributed by atoms with Gasteiger partial charge in [-0.3, -0.25) is 0 Å². The first-order chi connectivity index (χ1) is 18.1. The maximum Gasteiger partial charge on any atom is 0.230 e. The van der Waals surface area contributed by atoms with Crippen molar-refractivity contribution < 1.29 is 4.57 Å². The van der Waals surface area contributed by atoms with Crippen LogP contribution in [0, 0.1) is 0 Å². The first-order valence-corrected chi connectivity index (χ1v) is 14.7. The molecular formula is C33H27Br2N2+. The number of benzene rings is 5. The van der Waals surface area contributed by atoms with Crippen molar-refractivity contribution in [2.45, 2.75) is 33.2 Å². The Bertz CT molecular complexity index is 1890. The standard InChI is InChI=1S/C33H27Br2N2/c1-3-17-36-26-15-13-20-9-5-7-11-22(20)28(26)30-29-23-12-8-6-10-21(23)14-16-27(29)37(18-4-2)33-25(35)19-24(34)32(36)31(30)33/h5-16,19H,3-4,17-18H2,1-2H3/q+1. The number of hydrogen-bond acceptors (Lipinski definition) is 1. The van der Waals surface area contributed by atoms with E-state index >= 15 is 0 Å². The molecule has 4 heteroatoms. The van der Waals surface area contributed by atoms with Crippen molar-refractivity contribution in [1.82, 2.24) is 0 Å². The van der Waals surface area contributed by atoms with Gasteiger partial charge >= 0.3 is 0 Å². The van der Waals surface area contributed by atoms with E-state index in [-0.39, 0.29) is 0 Å². The summed E-state index contributed by atoms with van der Waals surface area (Å²) in [6.07, 6.45) is 2.13. The predicted molar refractivity (Wildman–Crippen MR) is 165 cm³/mol. The molecule has 0 saturated heterocycles. The van der Waals surface area contributed by atoms with Crippen molar-refractivity contribution in [3.05, 3.63) is 87.8 Å². The number of pyridine rings is 1. The highest BCUT2D eigenvalue weighted by molar-refractivity contribution is 9.11. The molecule has 0 fully saturated rings. The molecule has 0 saturated carbocycles. The molecule has 0 spiro atoms. The second kappa shape index (κ2) is 8.82. The van der Waals surface area contributed by atoms with Gasteiger partial charge in [-0.05, 0) is 78.0 Å². The van der Waals surface area contributed by atoms with Gasteiger partial charge in [-0.15, -0.1) is 0 Å². The molecular weight excluding hydrogens is 584 g/mol. The topological polar surface area (TPSA) is 7.12 Å². The molecule has 37 heavy (non-hydrogen) atoms. The summed E-state index contributed by atoms with van der Waals surface area (Å²) in [4.78, 5) is 2.54. The molecule has 6 aromatic rings. The Morgan fingerprint density at radius 1 is 0.703 bits per heavy atom. The van der Waals surface area contributed by atoms with E-state index in [1.165, 1.54) is 65.9 Å². The van der Waals surface area contributed by atoms with Crippen LogP contribution in [0.15, 0.2) is 87.8 Å². The van der Waals surface area contributed by atoms with Crippen LogP contribution in [0.2, 0.25) is 0 Å². The lowest BCUT2D eigenvalue weighted by molar-refractivity contribution is -0.645. The molecule has 182 valence electrons. The molecule has 0 N–H and O–H groups in total. The molecule has 0 radical (unpaired) electrons. The average molecular weight is 611 g/mol. The van der Waals surface area contributed by atoms with Crippen molar-refractivity contribution in [1.29, 1.82) is 0 Å². The number of hydrogen-bond donors (Lipinski definition) is 0.